The Balaban J connectivity index is 3.01. The summed E-state index contributed by atoms with van der Waals surface area (Å²) in [6.07, 6.45) is 0. The van der Waals surface area contributed by atoms with Crippen molar-refractivity contribution in [1.82, 2.24) is 0 Å². The summed E-state index contributed by atoms with van der Waals surface area (Å²) in [5, 5.41) is 0.789. The van der Waals surface area contributed by atoms with Crippen molar-refractivity contribution >= 4 is 29.7 Å². The van der Waals surface area contributed by atoms with Crippen molar-refractivity contribution in [2.45, 2.75) is 0 Å². The first kappa shape index (κ1) is 8.37. The van der Waals surface area contributed by atoms with Crippen LogP contribution in [0.2, 0.25) is 10.0 Å². The molecular formula is C7H3Cl2O2. The monoisotopic (exact) mass is 189 g/mol. The van der Waals surface area contributed by atoms with E-state index in [-0.39, 0.29) is 5.75 Å². The molecule has 1 rings (SSSR count). The summed E-state index contributed by atoms with van der Waals surface area (Å²) >= 11 is 11.2. The third kappa shape index (κ3) is 2.10. The standard InChI is InChI=1S/C7H3Cl2O2/c8-5-1-2-6(9)7(3-5)11-4-10/h1-3H. The van der Waals surface area contributed by atoms with Gasteiger partial charge in [0.05, 0.1) is 5.02 Å². The summed E-state index contributed by atoms with van der Waals surface area (Å²) in [6, 6.07) is 4.58. The van der Waals surface area contributed by atoms with E-state index in [0.29, 0.717) is 10.0 Å². The third-order valence-corrected chi connectivity index (χ3v) is 1.59. The quantitative estimate of drug-likeness (QED) is 0.715. The van der Waals surface area contributed by atoms with Crippen LogP contribution in [0.15, 0.2) is 18.2 Å². The van der Waals surface area contributed by atoms with E-state index >= 15 is 0 Å². The summed E-state index contributed by atoms with van der Waals surface area (Å²) < 4.78 is 4.40. The van der Waals surface area contributed by atoms with Gasteiger partial charge >= 0.3 is 6.47 Å². The largest absolute Gasteiger partial charge is 0.423 e. The van der Waals surface area contributed by atoms with E-state index in [4.69, 9.17) is 23.2 Å². The number of carbonyl (C=O) groups excluding carboxylic acids is 1. The van der Waals surface area contributed by atoms with Crippen LogP contribution in [0.3, 0.4) is 0 Å². The van der Waals surface area contributed by atoms with Crippen LogP contribution in [0.4, 0.5) is 0 Å². The van der Waals surface area contributed by atoms with Crippen molar-refractivity contribution in [1.29, 1.82) is 0 Å². The van der Waals surface area contributed by atoms with Crippen molar-refractivity contribution in [3.8, 4) is 5.75 Å². The predicted molar refractivity (Wildman–Crippen MR) is 42.8 cm³/mol. The average molecular weight is 190 g/mol. The fraction of sp³-hybridized carbons (Fsp3) is 0. The van der Waals surface area contributed by atoms with Crippen molar-refractivity contribution in [3.05, 3.63) is 28.2 Å². The highest BCUT2D eigenvalue weighted by Crippen LogP contribution is 2.26. The summed E-state index contributed by atoms with van der Waals surface area (Å²) in [5.74, 6) is 0.217. The molecule has 0 amide bonds. The van der Waals surface area contributed by atoms with E-state index in [0.717, 1.165) is 0 Å². The third-order valence-electron chi connectivity index (χ3n) is 1.04. The van der Waals surface area contributed by atoms with Crippen molar-refractivity contribution in [2.75, 3.05) is 0 Å². The smallest absolute Gasteiger partial charge is 0.416 e. The topological polar surface area (TPSA) is 26.3 Å². The molecule has 1 aromatic carbocycles. The Kier molecular flexibility index (Phi) is 2.74. The van der Waals surface area contributed by atoms with E-state index in [1.807, 2.05) is 0 Å². The second-order valence-corrected chi connectivity index (χ2v) is 2.60. The lowest BCUT2D eigenvalue weighted by Gasteiger charge is -1.98. The SMILES string of the molecule is O=[C]Oc1cc(Cl)ccc1Cl. The van der Waals surface area contributed by atoms with Crippen LogP contribution in [0.25, 0.3) is 0 Å². The molecule has 11 heavy (non-hydrogen) atoms. The lowest BCUT2D eigenvalue weighted by Crippen LogP contribution is -1.88. The van der Waals surface area contributed by atoms with E-state index in [2.05, 4.69) is 4.74 Å². The van der Waals surface area contributed by atoms with Gasteiger partial charge in [-0.3, -0.25) is 0 Å². The fourth-order valence-electron chi connectivity index (χ4n) is 0.600. The Morgan fingerprint density at radius 1 is 1.36 bits per heavy atom. The van der Waals surface area contributed by atoms with Gasteiger partial charge in [0.1, 0.15) is 0 Å². The minimum absolute atomic E-state index is 0.217. The zero-order valence-electron chi connectivity index (χ0n) is 5.30. The highest BCUT2D eigenvalue weighted by Gasteiger charge is 2.01. The molecule has 0 heterocycles. The summed E-state index contributed by atoms with van der Waals surface area (Å²) in [7, 11) is 0. The molecule has 57 valence electrons. The van der Waals surface area contributed by atoms with E-state index in [1.54, 1.807) is 6.07 Å². The molecule has 0 spiro atoms. The lowest BCUT2D eigenvalue weighted by molar-refractivity contribution is 0.443. The Labute approximate surface area is 73.7 Å². The van der Waals surface area contributed by atoms with Gasteiger partial charge in [-0.1, -0.05) is 23.2 Å². The molecule has 0 aliphatic carbocycles. The van der Waals surface area contributed by atoms with Crippen LogP contribution in [-0.2, 0) is 4.79 Å². The molecule has 0 N–H and O–H groups in total. The minimum atomic E-state index is 0.217. The van der Waals surface area contributed by atoms with E-state index in [9.17, 15) is 4.79 Å². The first-order valence-electron chi connectivity index (χ1n) is 2.73. The number of ether oxygens (including phenoxy) is 1. The first-order valence-corrected chi connectivity index (χ1v) is 3.48. The fourth-order valence-corrected chi connectivity index (χ4v) is 0.919. The Bertz CT molecular complexity index is 273. The van der Waals surface area contributed by atoms with E-state index < -0.39 is 0 Å². The van der Waals surface area contributed by atoms with Crippen LogP contribution in [-0.4, -0.2) is 6.47 Å². The molecule has 2 nitrogen and oxygen atoms in total. The Morgan fingerprint density at radius 2 is 2.09 bits per heavy atom. The second-order valence-electron chi connectivity index (χ2n) is 1.76. The molecule has 0 aliphatic heterocycles. The molecule has 0 saturated carbocycles. The van der Waals surface area contributed by atoms with Gasteiger partial charge in [-0.15, -0.1) is 0 Å². The first-order chi connectivity index (χ1) is 5.24. The molecule has 1 radical (unpaired) electrons. The zero-order chi connectivity index (χ0) is 8.27. The second kappa shape index (κ2) is 3.60. The van der Waals surface area contributed by atoms with Gasteiger partial charge < -0.3 is 4.74 Å². The van der Waals surface area contributed by atoms with Gasteiger partial charge in [0.15, 0.2) is 5.75 Å². The Morgan fingerprint density at radius 3 is 2.73 bits per heavy atom. The number of hydrogen-bond acceptors (Lipinski definition) is 2. The molecule has 1 aromatic rings. The molecule has 4 heteroatoms. The molecule has 0 aliphatic rings. The molecule has 0 bridgehead atoms. The van der Waals surface area contributed by atoms with Crippen LogP contribution < -0.4 is 4.74 Å². The van der Waals surface area contributed by atoms with Crippen LogP contribution in [0.1, 0.15) is 0 Å². The Hall–Kier alpha value is -0.730. The molecule has 0 saturated heterocycles. The minimum Gasteiger partial charge on any atom is -0.416 e. The van der Waals surface area contributed by atoms with Crippen LogP contribution >= 0.6 is 23.2 Å². The number of hydrogen-bond donors (Lipinski definition) is 0. The van der Waals surface area contributed by atoms with Crippen molar-refractivity contribution < 1.29 is 9.53 Å². The maximum Gasteiger partial charge on any atom is 0.423 e. The number of benzene rings is 1. The van der Waals surface area contributed by atoms with Gasteiger partial charge in [-0.25, -0.2) is 4.79 Å². The van der Waals surface area contributed by atoms with Gasteiger partial charge in [0.2, 0.25) is 0 Å². The normalized spacial score (nSPS) is 9.27. The van der Waals surface area contributed by atoms with Crippen molar-refractivity contribution in [2.24, 2.45) is 0 Å². The van der Waals surface area contributed by atoms with Gasteiger partial charge in [-0.2, -0.15) is 0 Å². The lowest BCUT2D eigenvalue weighted by atomic mass is 10.3. The number of halogens is 2. The van der Waals surface area contributed by atoms with Gasteiger partial charge in [0, 0.05) is 11.1 Å². The molecule has 0 aromatic heterocycles. The highest BCUT2D eigenvalue weighted by molar-refractivity contribution is 6.34. The predicted octanol–water partition coefficient (Wildman–Crippen LogP) is 2.44. The van der Waals surface area contributed by atoms with Crippen LogP contribution in [0.5, 0.6) is 5.75 Å². The molecule has 0 unspecified atom stereocenters. The van der Waals surface area contributed by atoms with Crippen LogP contribution in [0, 0.1) is 0 Å². The zero-order valence-corrected chi connectivity index (χ0v) is 6.82. The molecule has 0 atom stereocenters. The summed E-state index contributed by atoms with van der Waals surface area (Å²) in [5.41, 5.74) is 0. The molecule has 0 fully saturated rings. The van der Waals surface area contributed by atoms with Crippen molar-refractivity contribution in [3.63, 3.8) is 0 Å². The maximum atomic E-state index is 9.79. The average Bonchev–Trinajstić information content (AvgIpc) is 1.98. The van der Waals surface area contributed by atoms with E-state index in [1.165, 1.54) is 18.6 Å². The summed E-state index contributed by atoms with van der Waals surface area (Å²) in [4.78, 5) is 9.79. The summed E-state index contributed by atoms with van der Waals surface area (Å²) in [6.45, 7) is 1.26. The van der Waals surface area contributed by atoms with Gasteiger partial charge in [-0.05, 0) is 12.1 Å². The maximum absolute atomic E-state index is 9.79. The van der Waals surface area contributed by atoms with Gasteiger partial charge in [0.25, 0.3) is 0 Å². The highest BCUT2D eigenvalue weighted by atomic mass is 35.5. The number of rotatable bonds is 2. The molecular weight excluding hydrogens is 187 g/mol.